The first-order valence-corrected chi connectivity index (χ1v) is 19.7. The number of aryl methyl sites for hydroxylation is 1. The number of hydrogen-bond donors (Lipinski definition) is 0. The van der Waals surface area contributed by atoms with Crippen LogP contribution in [-0.2, 0) is 5.41 Å². The summed E-state index contributed by atoms with van der Waals surface area (Å²) in [6, 6.07) is 69.4. The van der Waals surface area contributed by atoms with Crippen molar-refractivity contribution in [3.05, 3.63) is 199 Å². The van der Waals surface area contributed by atoms with Crippen molar-refractivity contribution in [1.82, 2.24) is 0 Å². The summed E-state index contributed by atoms with van der Waals surface area (Å²) in [6.45, 7) is 9.12. The van der Waals surface area contributed by atoms with Gasteiger partial charge in [0.1, 0.15) is 0 Å². The van der Waals surface area contributed by atoms with E-state index in [1.807, 2.05) is 0 Å². The molecule has 0 N–H and O–H groups in total. The molecule has 0 amide bonds. The maximum atomic E-state index is 2.46. The fourth-order valence-corrected chi connectivity index (χ4v) is 8.76. The maximum absolute atomic E-state index is 2.46. The second-order valence-electron chi connectivity index (χ2n) is 16.2. The lowest BCUT2D eigenvalue weighted by Crippen LogP contribution is -2.15. The van der Waals surface area contributed by atoms with Gasteiger partial charge in [0, 0.05) is 17.1 Å². The predicted octanol–water partition coefficient (Wildman–Crippen LogP) is 15.7. The lowest BCUT2D eigenvalue weighted by molar-refractivity contribution is 0.590. The number of benzene rings is 9. The summed E-state index contributed by atoms with van der Waals surface area (Å²) in [5.41, 5.74) is 18.9. The van der Waals surface area contributed by atoms with Gasteiger partial charge in [-0.05, 0) is 143 Å². The van der Waals surface area contributed by atoms with E-state index in [9.17, 15) is 0 Å². The van der Waals surface area contributed by atoms with Crippen molar-refractivity contribution >= 4 is 38.6 Å². The standard InChI is InChI=1S/C55H43N/c1-36-27-29-43(55(2,3)4)35-50(36)56(44-24-16-23-40(31-44)37-17-8-5-9-18-37)45-30-28-41-33-48-49(34-42(41)32-45)54-52(39-21-12-7-13-22-39)47-26-15-14-25-46(47)51(53(48)54)38-19-10-6-11-20-38/h5-35H,1-4H3. The number of anilines is 3. The van der Waals surface area contributed by atoms with Crippen molar-refractivity contribution in [2.24, 2.45) is 0 Å². The molecule has 0 saturated carbocycles. The molecule has 10 rings (SSSR count). The molecule has 1 aliphatic rings. The van der Waals surface area contributed by atoms with E-state index in [1.165, 1.54) is 94.0 Å². The molecular formula is C55H43N. The molecular weight excluding hydrogens is 675 g/mol. The van der Waals surface area contributed by atoms with Crippen LogP contribution in [0.15, 0.2) is 188 Å². The largest absolute Gasteiger partial charge is 0.310 e. The molecule has 1 heteroatoms. The average Bonchev–Trinajstić information content (AvgIpc) is 3.23. The van der Waals surface area contributed by atoms with Crippen LogP contribution >= 0.6 is 0 Å². The Labute approximate surface area is 330 Å². The molecule has 9 aromatic carbocycles. The highest BCUT2D eigenvalue weighted by atomic mass is 15.1. The summed E-state index contributed by atoms with van der Waals surface area (Å²) in [7, 11) is 0. The van der Waals surface area contributed by atoms with E-state index in [2.05, 4.69) is 221 Å². The van der Waals surface area contributed by atoms with Gasteiger partial charge < -0.3 is 4.90 Å². The van der Waals surface area contributed by atoms with Gasteiger partial charge in [-0.15, -0.1) is 0 Å². The summed E-state index contributed by atoms with van der Waals surface area (Å²) < 4.78 is 0. The van der Waals surface area contributed by atoms with Gasteiger partial charge in [0.2, 0.25) is 0 Å². The number of nitrogens with zero attached hydrogens (tertiary/aromatic N) is 1. The van der Waals surface area contributed by atoms with Crippen molar-refractivity contribution < 1.29 is 0 Å². The van der Waals surface area contributed by atoms with E-state index >= 15 is 0 Å². The molecule has 0 saturated heterocycles. The predicted molar refractivity (Wildman–Crippen MR) is 240 cm³/mol. The van der Waals surface area contributed by atoms with Crippen LogP contribution in [0, 0.1) is 6.92 Å². The van der Waals surface area contributed by atoms with Crippen LogP contribution in [0.4, 0.5) is 17.1 Å². The summed E-state index contributed by atoms with van der Waals surface area (Å²) in [5, 5.41) is 5.05. The van der Waals surface area contributed by atoms with Crippen LogP contribution in [0.3, 0.4) is 0 Å². The molecule has 0 radical (unpaired) electrons. The van der Waals surface area contributed by atoms with E-state index in [0.717, 1.165) is 11.4 Å². The van der Waals surface area contributed by atoms with Crippen LogP contribution < -0.4 is 4.90 Å². The molecule has 0 unspecified atom stereocenters. The third kappa shape index (κ3) is 5.62. The molecule has 0 heterocycles. The second-order valence-corrected chi connectivity index (χ2v) is 16.2. The normalized spacial score (nSPS) is 11.9. The minimum absolute atomic E-state index is 0.0122. The minimum Gasteiger partial charge on any atom is -0.310 e. The van der Waals surface area contributed by atoms with E-state index in [0.29, 0.717) is 0 Å². The summed E-state index contributed by atoms with van der Waals surface area (Å²) in [5.74, 6) is 0. The minimum atomic E-state index is 0.0122. The monoisotopic (exact) mass is 717 g/mol. The fraction of sp³-hybridized carbons (Fsp3) is 0.0909. The Hall–Kier alpha value is -6.70. The Morgan fingerprint density at radius 1 is 0.375 bits per heavy atom. The fourth-order valence-electron chi connectivity index (χ4n) is 8.76. The number of fused-ring (bicyclic) bond motifs is 6. The van der Waals surface area contributed by atoms with Crippen molar-refractivity contribution in [1.29, 1.82) is 0 Å². The lowest BCUT2D eigenvalue weighted by atomic mass is 9.70. The zero-order chi connectivity index (χ0) is 38.0. The number of rotatable bonds is 6. The molecule has 0 aromatic heterocycles. The Morgan fingerprint density at radius 3 is 1.48 bits per heavy atom. The van der Waals surface area contributed by atoms with Crippen LogP contribution in [0.2, 0.25) is 0 Å². The van der Waals surface area contributed by atoms with E-state index in [1.54, 1.807) is 0 Å². The third-order valence-electron chi connectivity index (χ3n) is 11.6. The van der Waals surface area contributed by atoms with Crippen molar-refractivity contribution in [3.63, 3.8) is 0 Å². The highest BCUT2D eigenvalue weighted by molar-refractivity contribution is 6.26. The second kappa shape index (κ2) is 13.3. The van der Waals surface area contributed by atoms with Crippen LogP contribution in [0.25, 0.3) is 77.2 Å². The first-order chi connectivity index (χ1) is 27.3. The van der Waals surface area contributed by atoms with Crippen molar-refractivity contribution in [3.8, 4) is 55.6 Å². The van der Waals surface area contributed by atoms with Gasteiger partial charge in [0.15, 0.2) is 0 Å². The summed E-state index contributed by atoms with van der Waals surface area (Å²) in [4.78, 5) is 2.46. The first kappa shape index (κ1) is 33.8. The summed E-state index contributed by atoms with van der Waals surface area (Å²) >= 11 is 0. The molecule has 9 aromatic rings. The topological polar surface area (TPSA) is 3.24 Å². The van der Waals surface area contributed by atoms with Crippen LogP contribution in [0.5, 0.6) is 0 Å². The zero-order valence-electron chi connectivity index (χ0n) is 32.3. The Kier molecular flexibility index (Phi) is 8.01. The van der Waals surface area contributed by atoms with E-state index < -0.39 is 0 Å². The van der Waals surface area contributed by atoms with Crippen molar-refractivity contribution in [2.75, 3.05) is 4.90 Å². The van der Waals surface area contributed by atoms with Gasteiger partial charge in [0.25, 0.3) is 0 Å². The van der Waals surface area contributed by atoms with Gasteiger partial charge in [-0.2, -0.15) is 0 Å². The quantitative estimate of drug-likeness (QED) is 0.166. The van der Waals surface area contributed by atoms with Gasteiger partial charge in [0.05, 0.1) is 0 Å². The Balaban J connectivity index is 1.20. The molecule has 268 valence electrons. The lowest BCUT2D eigenvalue weighted by Gasteiger charge is -2.33. The molecule has 0 fully saturated rings. The maximum Gasteiger partial charge on any atom is 0.0493 e. The van der Waals surface area contributed by atoms with Crippen LogP contribution in [0.1, 0.15) is 31.9 Å². The number of hydrogen-bond acceptors (Lipinski definition) is 1. The molecule has 56 heavy (non-hydrogen) atoms. The smallest absolute Gasteiger partial charge is 0.0493 e. The Morgan fingerprint density at radius 2 is 0.893 bits per heavy atom. The van der Waals surface area contributed by atoms with Gasteiger partial charge in [-0.1, -0.05) is 166 Å². The average molecular weight is 718 g/mol. The van der Waals surface area contributed by atoms with E-state index in [-0.39, 0.29) is 5.41 Å². The van der Waals surface area contributed by atoms with Crippen LogP contribution in [-0.4, -0.2) is 0 Å². The SMILES string of the molecule is Cc1ccc(C(C)(C)C)cc1N(c1cccc(-c2ccccc2)c1)c1ccc2cc3c(cc2c1)-c1c-3c(-c2ccccc2)c2ccccc2c1-c1ccccc1. The third-order valence-corrected chi connectivity index (χ3v) is 11.6. The highest BCUT2D eigenvalue weighted by Gasteiger charge is 2.33. The molecule has 0 spiro atoms. The highest BCUT2D eigenvalue weighted by Crippen LogP contribution is 2.60. The first-order valence-electron chi connectivity index (χ1n) is 19.7. The van der Waals surface area contributed by atoms with Gasteiger partial charge >= 0.3 is 0 Å². The van der Waals surface area contributed by atoms with E-state index in [4.69, 9.17) is 0 Å². The Bertz CT molecular complexity index is 2930. The summed E-state index contributed by atoms with van der Waals surface area (Å²) in [6.07, 6.45) is 0. The molecule has 1 aliphatic carbocycles. The molecule has 0 bridgehead atoms. The molecule has 1 nitrogen and oxygen atoms in total. The zero-order valence-corrected chi connectivity index (χ0v) is 32.3. The molecule has 0 aliphatic heterocycles. The van der Waals surface area contributed by atoms with Gasteiger partial charge in [-0.25, -0.2) is 0 Å². The van der Waals surface area contributed by atoms with Crippen molar-refractivity contribution in [2.45, 2.75) is 33.1 Å². The van der Waals surface area contributed by atoms with Gasteiger partial charge in [-0.3, -0.25) is 0 Å². The molecule has 0 atom stereocenters.